The van der Waals surface area contributed by atoms with E-state index >= 15 is 0 Å². The molecule has 1 fully saturated rings. The summed E-state index contributed by atoms with van der Waals surface area (Å²) in [6.45, 7) is 6.71. The number of anilines is 1. The minimum absolute atomic E-state index is 0.0310. The molecule has 5 nitrogen and oxygen atoms in total. The number of likely N-dealkylation sites (tertiary alicyclic amines) is 1. The molecule has 1 aliphatic rings. The minimum Gasteiger partial charge on any atom is -0.481 e. The minimum atomic E-state index is -0.841. The van der Waals surface area contributed by atoms with Gasteiger partial charge in [-0.3, -0.25) is 9.59 Å². The molecule has 0 spiro atoms. The lowest BCUT2D eigenvalue weighted by atomic mass is 9.98. The molecule has 1 saturated heterocycles. The number of carbonyl (C=O) groups excluding carboxylic acids is 1. The Morgan fingerprint density at radius 1 is 1.17 bits per heavy atom. The van der Waals surface area contributed by atoms with Gasteiger partial charge in [0.25, 0.3) is 5.91 Å². The molecule has 1 atom stereocenters. The van der Waals surface area contributed by atoms with Gasteiger partial charge in [0.15, 0.2) is 0 Å². The van der Waals surface area contributed by atoms with Gasteiger partial charge in [0.1, 0.15) is 0 Å². The van der Waals surface area contributed by atoms with Crippen LogP contribution < -0.4 is 4.90 Å². The third-order valence-corrected chi connectivity index (χ3v) is 4.54. The number of piperidine rings is 1. The maximum Gasteiger partial charge on any atom is 0.305 e. The molecule has 0 saturated carbocycles. The molecule has 0 unspecified atom stereocenters. The average molecular weight is 318 g/mol. The highest BCUT2D eigenvalue weighted by Crippen LogP contribution is 2.23. The highest BCUT2D eigenvalue weighted by molar-refractivity contribution is 5.95. The van der Waals surface area contributed by atoms with Crippen LogP contribution in [0.2, 0.25) is 0 Å². The highest BCUT2D eigenvalue weighted by Gasteiger charge is 2.29. The van der Waals surface area contributed by atoms with E-state index in [-0.39, 0.29) is 18.4 Å². The lowest BCUT2D eigenvalue weighted by Crippen LogP contribution is -2.44. The lowest BCUT2D eigenvalue weighted by molar-refractivity contribution is -0.138. The number of benzene rings is 1. The summed E-state index contributed by atoms with van der Waals surface area (Å²) in [6.07, 6.45) is 2.74. The van der Waals surface area contributed by atoms with E-state index in [1.54, 1.807) is 4.90 Å². The van der Waals surface area contributed by atoms with Crippen molar-refractivity contribution in [1.82, 2.24) is 4.90 Å². The second-order valence-electron chi connectivity index (χ2n) is 5.97. The Balaban J connectivity index is 2.13. The first-order valence-corrected chi connectivity index (χ1v) is 8.44. The van der Waals surface area contributed by atoms with Gasteiger partial charge < -0.3 is 14.9 Å². The van der Waals surface area contributed by atoms with Gasteiger partial charge in [-0.05, 0) is 57.4 Å². The van der Waals surface area contributed by atoms with Crippen LogP contribution in [0.15, 0.2) is 24.3 Å². The molecule has 0 aromatic heterocycles. The molecule has 1 aromatic rings. The van der Waals surface area contributed by atoms with Crippen LogP contribution >= 0.6 is 0 Å². The van der Waals surface area contributed by atoms with Gasteiger partial charge in [0, 0.05) is 36.9 Å². The molecule has 23 heavy (non-hydrogen) atoms. The van der Waals surface area contributed by atoms with Crippen molar-refractivity contribution in [2.24, 2.45) is 0 Å². The summed E-state index contributed by atoms with van der Waals surface area (Å²) < 4.78 is 0. The summed E-state index contributed by atoms with van der Waals surface area (Å²) in [4.78, 5) is 27.7. The molecule has 1 aromatic carbocycles. The Labute approximate surface area is 137 Å². The third-order valence-electron chi connectivity index (χ3n) is 4.54. The first-order chi connectivity index (χ1) is 11.1. The van der Waals surface area contributed by atoms with Crippen LogP contribution in [-0.2, 0) is 4.79 Å². The van der Waals surface area contributed by atoms with Crippen LogP contribution in [0.4, 0.5) is 5.69 Å². The maximum atomic E-state index is 12.7. The summed E-state index contributed by atoms with van der Waals surface area (Å²) in [5, 5.41) is 9.04. The molecular formula is C18H26N2O3. The Bertz CT molecular complexity index is 538. The Morgan fingerprint density at radius 3 is 2.39 bits per heavy atom. The van der Waals surface area contributed by atoms with Crippen LogP contribution in [0.1, 0.15) is 49.9 Å². The summed E-state index contributed by atoms with van der Waals surface area (Å²) >= 11 is 0. The van der Waals surface area contributed by atoms with Gasteiger partial charge in [0.05, 0.1) is 6.42 Å². The molecule has 1 heterocycles. The van der Waals surface area contributed by atoms with E-state index in [0.29, 0.717) is 12.1 Å². The molecule has 0 aliphatic carbocycles. The first-order valence-electron chi connectivity index (χ1n) is 8.44. The van der Waals surface area contributed by atoms with Crippen molar-refractivity contribution >= 4 is 17.6 Å². The maximum absolute atomic E-state index is 12.7. The number of rotatable bonds is 6. The predicted molar refractivity (Wildman–Crippen MR) is 90.9 cm³/mol. The molecule has 126 valence electrons. The van der Waals surface area contributed by atoms with Gasteiger partial charge in [-0.25, -0.2) is 0 Å². The van der Waals surface area contributed by atoms with Crippen molar-refractivity contribution in [1.29, 1.82) is 0 Å². The number of aliphatic carboxylic acids is 1. The third kappa shape index (κ3) is 4.24. The van der Waals surface area contributed by atoms with E-state index in [1.807, 2.05) is 24.3 Å². The topological polar surface area (TPSA) is 60.9 Å². The largest absolute Gasteiger partial charge is 0.481 e. The Morgan fingerprint density at radius 2 is 1.83 bits per heavy atom. The number of carboxylic acid groups (broad SMARTS) is 1. The van der Waals surface area contributed by atoms with Crippen LogP contribution in [0.25, 0.3) is 0 Å². The molecular weight excluding hydrogens is 292 g/mol. The smallest absolute Gasteiger partial charge is 0.305 e. The van der Waals surface area contributed by atoms with Gasteiger partial charge >= 0.3 is 5.97 Å². The molecule has 1 N–H and O–H groups in total. The number of hydrogen-bond donors (Lipinski definition) is 1. The van der Waals surface area contributed by atoms with Crippen LogP contribution in [-0.4, -0.2) is 47.6 Å². The SMILES string of the molecule is CCN(CC)c1ccc(C(=O)N2CCCC[C@@H]2CC(=O)O)cc1. The van der Waals surface area contributed by atoms with Crippen LogP contribution in [0.3, 0.4) is 0 Å². The summed E-state index contributed by atoms with van der Waals surface area (Å²) in [5.41, 5.74) is 1.74. The van der Waals surface area contributed by atoms with E-state index in [0.717, 1.165) is 38.0 Å². The lowest BCUT2D eigenvalue weighted by Gasteiger charge is -2.35. The van der Waals surface area contributed by atoms with E-state index in [2.05, 4.69) is 18.7 Å². The number of hydrogen-bond acceptors (Lipinski definition) is 3. The van der Waals surface area contributed by atoms with Crippen molar-refractivity contribution in [3.05, 3.63) is 29.8 Å². The van der Waals surface area contributed by atoms with Crippen molar-refractivity contribution in [2.45, 2.75) is 45.6 Å². The highest BCUT2D eigenvalue weighted by atomic mass is 16.4. The zero-order chi connectivity index (χ0) is 16.8. The fourth-order valence-electron chi connectivity index (χ4n) is 3.25. The zero-order valence-electron chi connectivity index (χ0n) is 14.0. The van der Waals surface area contributed by atoms with Gasteiger partial charge in [0.2, 0.25) is 0 Å². The average Bonchev–Trinajstić information content (AvgIpc) is 2.56. The van der Waals surface area contributed by atoms with E-state index in [1.165, 1.54) is 0 Å². The fourth-order valence-corrected chi connectivity index (χ4v) is 3.25. The molecule has 1 amide bonds. The molecule has 0 radical (unpaired) electrons. The molecule has 0 bridgehead atoms. The predicted octanol–water partition coefficient (Wildman–Crippen LogP) is 3.00. The number of nitrogens with zero attached hydrogens (tertiary/aromatic N) is 2. The molecule has 2 rings (SSSR count). The molecule has 1 aliphatic heterocycles. The van der Waals surface area contributed by atoms with Gasteiger partial charge in [-0.2, -0.15) is 0 Å². The van der Waals surface area contributed by atoms with Crippen molar-refractivity contribution < 1.29 is 14.7 Å². The monoisotopic (exact) mass is 318 g/mol. The number of carbonyl (C=O) groups is 2. The van der Waals surface area contributed by atoms with Crippen molar-refractivity contribution in [2.75, 3.05) is 24.5 Å². The van der Waals surface area contributed by atoms with E-state index in [9.17, 15) is 9.59 Å². The second-order valence-corrected chi connectivity index (χ2v) is 5.97. The quantitative estimate of drug-likeness (QED) is 0.876. The van der Waals surface area contributed by atoms with Crippen LogP contribution in [0, 0.1) is 0 Å². The summed E-state index contributed by atoms with van der Waals surface area (Å²) in [5.74, 6) is -0.895. The second kappa shape index (κ2) is 7.99. The number of carboxylic acids is 1. The van der Waals surface area contributed by atoms with Crippen molar-refractivity contribution in [3.63, 3.8) is 0 Å². The Hall–Kier alpha value is -2.04. The fraction of sp³-hybridized carbons (Fsp3) is 0.556. The standard InChI is InChI=1S/C18H26N2O3/c1-3-19(4-2)15-10-8-14(9-11-15)18(23)20-12-6-5-7-16(20)13-17(21)22/h8-11,16H,3-7,12-13H2,1-2H3,(H,21,22)/t16-/m1/s1. The van der Waals surface area contributed by atoms with Crippen LogP contribution in [0.5, 0.6) is 0 Å². The van der Waals surface area contributed by atoms with Crippen molar-refractivity contribution in [3.8, 4) is 0 Å². The van der Waals surface area contributed by atoms with E-state index < -0.39 is 5.97 Å². The summed E-state index contributed by atoms with van der Waals surface area (Å²) in [7, 11) is 0. The zero-order valence-corrected chi connectivity index (χ0v) is 14.0. The normalized spacial score (nSPS) is 17.8. The summed E-state index contributed by atoms with van der Waals surface area (Å²) in [6, 6.07) is 7.45. The molecule has 5 heteroatoms. The Kier molecular flexibility index (Phi) is 6.02. The first kappa shape index (κ1) is 17.3. The number of amides is 1. The van der Waals surface area contributed by atoms with Gasteiger partial charge in [-0.1, -0.05) is 0 Å². The van der Waals surface area contributed by atoms with Gasteiger partial charge in [-0.15, -0.1) is 0 Å². The van der Waals surface area contributed by atoms with E-state index in [4.69, 9.17) is 5.11 Å².